The molecule has 0 heterocycles. The van der Waals surface area contributed by atoms with Gasteiger partial charge in [-0.05, 0) is 56.7 Å². The van der Waals surface area contributed by atoms with E-state index in [0.717, 1.165) is 5.56 Å². The largest absolute Gasteiger partial charge is 0.508 e. The minimum Gasteiger partial charge on any atom is -0.508 e. The van der Waals surface area contributed by atoms with E-state index >= 15 is 0 Å². The van der Waals surface area contributed by atoms with Crippen LogP contribution in [0.1, 0.15) is 53.0 Å². The maximum atomic E-state index is 12.9. The van der Waals surface area contributed by atoms with E-state index in [1.807, 2.05) is 12.1 Å². The second kappa shape index (κ2) is 10.8. The molecule has 1 unspecified atom stereocenters. The first kappa shape index (κ1) is 23.7. The molecule has 0 bridgehead atoms. The van der Waals surface area contributed by atoms with E-state index < -0.39 is 13.5 Å². The van der Waals surface area contributed by atoms with Gasteiger partial charge < -0.3 is 18.9 Å². The summed E-state index contributed by atoms with van der Waals surface area (Å²) in [6.45, 7) is 10.2. The van der Waals surface area contributed by atoms with Gasteiger partial charge >= 0.3 is 13.6 Å². The van der Waals surface area contributed by atoms with Crippen LogP contribution in [0.3, 0.4) is 0 Å². The number of carbonyl (C=O) groups is 1. The average molecular weight is 400 g/mol. The summed E-state index contributed by atoms with van der Waals surface area (Å²) in [4.78, 5) is 12.4. The van der Waals surface area contributed by atoms with Crippen molar-refractivity contribution in [3.8, 4) is 5.75 Å². The molecule has 0 radical (unpaired) electrons. The molecule has 0 saturated carbocycles. The molecule has 0 aliphatic carbocycles. The Morgan fingerprint density at radius 1 is 1.07 bits per heavy atom. The zero-order chi connectivity index (χ0) is 20.5. The van der Waals surface area contributed by atoms with Crippen molar-refractivity contribution >= 4 is 13.6 Å². The second-order valence-corrected chi connectivity index (χ2v) is 9.15. The fourth-order valence-electron chi connectivity index (χ4n) is 2.94. The lowest BCUT2D eigenvalue weighted by Gasteiger charge is -2.28. The summed E-state index contributed by atoms with van der Waals surface area (Å²) in [6.07, 6.45) is 1.19. The Hall–Kier alpha value is -1.36. The summed E-state index contributed by atoms with van der Waals surface area (Å²) in [5.41, 5.74) is 0.834. The summed E-state index contributed by atoms with van der Waals surface area (Å²) < 4.78 is 28.8. The van der Waals surface area contributed by atoms with Crippen molar-refractivity contribution in [1.82, 2.24) is 0 Å². The van der Waals surface area contributed by atoms with Gasteiger partial charge in [0.05, 0.1) is 31.9 Å². The monoisotopic (exact) mass is 400 g/mol. The van der Waals surface area contributed by atoms with E-state index in [1.54, 1.807) is 32.9 Å². The lowest BCUT2D eigenvalue weighted by molar-refractivity contribution is -0.147. The molecule has 0 aromatic heterocycles. The predicted molar refractivity (Wildman–Crippen MR) is 106 cm³/mol. The maximum absolute atomic E-state index is 12.9. The molecule has 1 aromatic carbocycles. The van der Waals surface area contributed by atoms with Crippen molar-refractivity contribution < 1.29 is 28.3 Å². The molecule has 154 valence electrons. The zero-order valence-corrected chi connectivity index (χ0v) is 18.0. The van der Waals surface area contributed by atoms with Crippen molar-refractivity contribution in [3.05, 3.63) is 29.8 Å². The lowest BCUT2D eigenvalue weighted by atomic mass is 9.79. The van der Waals surface area contributed by atoms with Gasteiger partial charge in [-0.2, -0.15) is 0 Å². The third kappa shape index (κ3) is 7.65. The third-order valence-corrected chi connectivity index (χ3v) is 6.67. The number of hydrogen-bond donors (Lipinski definition) is 1. The highest BCUT2D eigenvalue weighted by Gasteiger charge is 2.34. The van der Waals surface area contributed by atoms with E-state index in [2.05, 4.69) is 13.8 Å². The van der Waals surface area contributed by atoms with E-state index in [1.165, 1.54) is 0 Å². The molecule has 27 heavy (non-hydrogen) atoms. The number of esters is 1. The fourth-order valence-corrected chi connectivity index (χ4v) is 4.89. The van der Waals surface area contributed by atoms with Gasteiger partial charge in [-0.25, -0.2) is 0 Å². The van der Waals surface area contributed by atoms with Gasteiger partial charge in [0.15, 0.2) is 0 Å². The Bertz CT molecular complexity index is 616. The summed E-state index contributed by atoms with van der Waals surface area (Å²) in [7, 11) is -3.35. The molecule has 0 aliphatic rings. The first-order chi connectivity index (χ1) is 12.7. The number of benzene rings is 1. The van der Waals surface area contributed by atoms with Crippen molar-refractivity contribution in [1.29, 1.82) is 0 Å². The van der Waals surface area contributed by atoms with Gasteiger partial charge in [0, 0.05) is 0 Å². The number of hydrogen-bond acceptors (Lipinski definition) is 6. The van der Waals surface area contributed by atoms with Crippen LogP contribution < -0.4 is 0 Å². The molecule has 1 rings (SSSR count). The molecule has 1 atom stereocenters. The molecule has 0 amide bonds. The molecular formula is C20H33O6P. The first-order valence-corrected chi connectivity index (χ1v) is 11.2. The Morgan fingerprint density at radius 3 is 2.11 bits per heavy atom. The van der Waals surface area contributed by atoms with Crippen LogP contribution >= 0.6 is 7.60 Å². The highest BCUT2D eigenvalue weighted by Crippen LogP contribution is 2.50. The van der Waals surface area contributed by atoms with Gasteiger partial charge in [0.2, 0.25) is 0 Å². The normalized spacial score (nSPS) is 13.4. The highest BCUT2D eigenvalue weighted by molar-refractivity contribution is 7.53. The van der Waals surface area contributed by atoms with E-state index in [4.69, 9.17) is 13.8 Å². The van der Waals surface area contributed by atoms with Crippen molar-refractivity contribution in [2.45, 2.75) is 52.9 Å². The second-order valence-electron chi connectivity index (χ2n) is 7.05. The fraction of sp³-hybridized carbons (Fsp3) is 0.650. The standard InChI is InChI=1S/C20H33O6P/c1-6-24-19(22)16(15-27(23,25-7-2)26-8-3)13-14-20(4,5)17-9-11-18(21)12-10-17/h9-12,16,21H,6-8,13-15H2,1-5H3. The molecule has 1 N–H and O–H groups in total. The van der Waals surface area contributed by atoms with E-state index in [9.17, 15) is 14.5 Å². The molecule has 0 aliphatic heterocycles. The molecular weight excluding hydrogens is 367 g/mol. The van der Waals surface area contributed by atoms with Gasteiger partial charge in [-0.1, -0.05) is 26.0 Å². The Morgan fingerprint density at radius 2 is 1.63 bits per heavy atom. The van der Waals surface area contributed by atoms with E-state index in [0.29, 0.717) is 12.8 Å². The van der Waals surface area contributed by atoms with Crippen LogP contribution in [-0.2, 0) is 28.6 Å². The number of ether oxygens (including phenoxy) is 1. The SMILES string of the molecule is CCOC(=O)C(CCC(C)(C)c1ccc(O)cc1)CP(=O)(OCC)OCC. The van der Waals surface area contributed by atoms with Crippen LogP contribution in [-0.4, -0.2) is 37.1 Å². The van der Waals surface area contributed by atoms with Gasteiger partial charge in [-0.3, -0.25) is 9.36 Å². The first-order valence-electron chi connectivity index (χ1n) is 9.51. The summed E-state index contributed by atoms with van der Waals surface area (Å²) in [5, 5.41) is 9.48. The Balaban J connectivity index is 2.92. The summed E-state index contributed by atoms with van der Waals surface area (Å²) >= 11 is 0. The molecule has 7 heteroatoms. The number of phenolic OH excluding ortho intramolecular Hbond substituents is 1. The minimum atomic E-state index is -3.35. The molecule has 6 nitrogen and oxygen atoms in total. The van der Waals surface area contributed by atoms with Gasteiger partial charge in [0.25, 0.3) is 0 Å². The summed E-state index contributed by atoms with van der Waals surface area (Å²) in [5.74, 6) is -0.725. The van der Waals surface area contributed by atoms with E-state index in [-0.39, 0.29) is 43.1 Å². The predicted octanol–water partition coefficient (Wildman–Crippen LogP) is 4.90. The zero-order valence-electron chi connectivity index (χ0n) is 17.1. The quantitative estimate of drug-likeness (QED) is 0.397. The lowest BCUT2D eigenvalue weighted by Crippen LogP contribution is -2.26. The van der Waals surface area contributed by atoms with Crippen LogP contribution in [0, 0.1) is 5.92 Å². The van der Waals surface area contributed by atoms with Crippen LogP contribution in [0.4, 0.5) is 0 Å². The van der Waals surface area contributed by atoms with Crippen molar-refractivity contribution in [2.75, 3.05) is 26.0 Å². The van der Waals surface area contributed by atoms with Gasteiger partial charge in [-0.15, -0.1) is 0 Å². The van der Waals surface area contributed by atoms with Crippen LogP contribution in [0.15, 0.2) is 24.3 Å². The van der Waals surface area contributed by atoms with Crippen molar-refractivity contribution in [3.63, 3.8) is 0 Å². The van der Waals surface area contributed by atoms with Gasteiger partial charge in [0.1, 0.15) is 5.75 Å². The Kier molecular flexibility index (Phi) is 9.51. The number of phenols is 1. The van der Waals surface area contributed by atoms with Crippen LogP contribution in [0.25, 0.3) is 0 Å². The molecule has 0 fully saturated rings. The topological polar surface area (TPSA) is 82.1 Å². The smallest absolute Gasteiger partial charge is 0.331 e. The summed E-state index contributed by atoms with van der Waals surface area (Å²) in [6, 6.07) is 7.05. The van der Waals surface area contributed by atoms with Crippen LogP contribution in [0.5, 0.6) is 5.75 Å². The molecule has 0 spiro atoms. The number of carbonyl (C=O) groups excluding carboxylic acids is 1. The molecule has 1 aromatic rings. The highest BCUT2D eigenvalue weighted by atomic mass is 31.2. The minimum absolute atomic E-state index is 0.0131. The van der Waals surface area contributed by atoms with Crippen LogP contribution in [0.2, 0.25) is 0 Å². The average Bonchev–Trinajstić information content (AvgIpc) is 2.59. The maximum Gasteiger partial charge on any atom is 0.331 e. The Labute approximate surface area is 162 Å². The van der Waals surface area contributed by atoms with Crippen molar-refractivity contribution in [2.24, 2.45) is 5.92 Å². The number of rotatable bonds is 12. The number of aromatic hydroxyl groups is 1. The molecule has 0 saturated heterocycles. The third-order valence-electron chi connectivity index (χ3n) is 4.48.